The van der Waals surface area contributed by atoms with Crippen LogP contribution in [0.1, 0.15) is 63.8 Å². The van der Waals surface area contributed by atoms with Gasteiger partial charge < -0.3 is 14.8 Å². The van der Waals surface area contributed by atoms with Crippen molar-refractivity contribution in [1.82, 2.24) is 9.69 Å². The van der Waals surface area contributed by atoms with E-state index in [4.69, 9.17) is 9.47 Å². The van der Waals surface area contributed by atoms with Crippen LogP contribution in [0.15, 0.2) is 24.1 Å². The Morgan fingerprint density at radius 2 is 1.89 bits per heavy atom. The van der Waals surface area contributed by atoms with E-state index in [0.717, 1.165) is 30.5 Å². The molecule has 2 amide bonds. The van der Waals surface area contributed by atoms with Gasteiger partial charge in [-0.05, 0) is 71.4 Å². The van der Waals surface area contributed by atoms with Gasteiger partial charge in [0.25, 0.3) is 0 Å². The Morgan fingerprint density at radius 1 is 1.20 bits per heavy atom. The molecule has 7 nitrogen and oxygen atoms in total. The molecule has 1 N–H and O–H groups in total. The molecule has 0 saturated carbocycles. The lowest BCUT2D eigenvalue weighted by Crippen LogP contribution is -2.38. The van der Waals surface area contributed by atoms with Gasteiger partial charge in [-0.2, -0.15) is 4.37 Å². The second-order valence-electron chi connectivity index (χ2n) is 10.2. The predicted octanol–water partition coefficient (Wildman–Crippen LogP) is 7.46. The van der Waals surface area contributed by atoms with Crippen LogP contribution in [-0.4, -0.2) is 33.8 Å². The Labute approximate surface area is 218 Å². The molecule has 1 unspecified atom stereocenters. The van der Waals surface area contributed by atoms with E-state index in [1.54, 1.807) is 33.6 Å². The maximum Gasteiger partial charge on any atom is 0.415 e. The number of carbonyl (C=O) groups is 2. The Balaban J connectivity index is 1.91. The number of alkyl carbamates (subject to hydrolysis) is 1. The highest BCUT2D eigenvalue weighted by molar-refractivity contribution is 7.25. The minimum Gasteiger partial charge on any atom is -0.444 e. The summed E-state index contributed by atoms with van der Waals surface area (Å²) in [7, 11) is 0. The summed E-state index contributed by atoms with van der Waals surface area (Å²) in [6, 6.07) is 3.80. The van der Waals surface area contributed by atoms with E-state index in [9.17, 15) is 9.59 Å². The van der Waals surface area contributed by atoms with Crippen molar-refractivity contribution in [2.75, 3.05) is 4.90 Å². The molecule has 10 heteroatoms. The van der Waals surface area contributed by atoms with Gasteiger partial charge in [0, 0.05) is 27.8 Å². The van der Waals surface area contributed by atoms with Gasteiger partial charge in [-0.3, -0.25) is 4.90 Å². The van der Waals surface area contributed by atoms with E-state index in [1.807, 2.05) is 66.0 Å². The van der Waals surface area contributed by atoms with Crippen LogP contribution in [0.25, 0.3) is 16.3 Å². The van der Waals surface area contributed by atoms with Gasteiger partial charge in [0.2, 0.25) is 0 Å². The van der Waals surface area contributed by atoms with E-state index in [2.05, 4.69) is 16.3 Å². The first-order valence-corrected chi connectivity index (χ1v) is 13.8. The van der Waals surface area contributed by atoms with Crippen LogP contribution in [0.5, 0.6) is 0 Å². The first-order chi connectivity index (χ1) is 16.3. The van der Waals surface area contributed by atoms with Crippen LogP contribution in [0, 0.1) is 0 Å². The minimum atomic E-state index is -0.621. The average Bonchev–Trinajstić information content (AvgIpc) is 3.40. The van der Waals surface area contributed by atoms with Gasteiger partial charge >= 0.3 is 12.2 Å². The summed E-state index contributed by atoms with van der Waals surface area (Å²) >= 11 is 4.44. The third-order valence-electron chi connectivity index (χ3n) is 4.63. The Kier molecular flexibility index (Phi) is 8.28. The maximum atomic E-state index is 13.2. The molecule has 0 bridgehead atoms. The molecule has 1 atom stereocenters. The quantitative estimate of drug-likeness (QED) is 0.340. The zero-order chi connectivity index (χ0) is 26.0. The topological polar surface area (TPSA) is 80.8 Å². The summed E-state index contributed by atoms with van der Waals surface area (Å²) in [5, 5.41) is 5.63. The second kappa shape index (κ2) is 10.7. The van der Waals surface area contributed by atoms with E-state index in [-0.39, 0.29) is 6.04 Å². The van der Waals surface area contributed by atoms with Gasteiger partial charge in [-0.1, -0.05) is 18.7 Å². The molecular formula is C25H33N3O4S3. The summed E-state index contributed by atoms with van der Waals surface area (Å²) in [5.41, 5.74) is 0.549. The summed E-state index contributed by atoms with van der Waals surface area (Å²) in [4.78, 5) is 29.2. The molecule has 190 valence electrons. The maximum absolute atomic E-state index is 13.2. The summed E-state index contributed by atoms with van der Waals surface area (Å²) in [6.07, 6.45) is 1.51. The third-order valence-corrected chi connectivity index (χ3v) is 7.71. The number of aromatic nitrogens is 1. The fraction of sp³-hybridized carbons (Fsp3) is 0.480. The number of nitrogens with one attached hydrogen (secondary N) is 1. The van der Waals surface area contributed by atoms with Crippen LogP contribution in [-0.2, 0) is 22.4 Å². The first-order valence-electron chi connectivity index (χ1n) is 11.3. The highest BCUT2D eigenvalue weighted by Crippen LogP contribution is 2.42. The van der Waals surface area contributed by atoms with E-state index >= 15 is 0 Å². The molecule has 3 heterocycles. The molecule has 0 spiro atoms. The van der Waals surface area contributed by atoms with Crippen LogP contribution < -0.4 is 10.2 Å². The second-order valence-corrected chi connectivity index (χ2v) is 13.1. The Bertz CT molecular complexity index is 1180. The monoisotopic (exact) mass is 535 g/mol. The van der Waals surface area contributed by atoms with Crippen molar-refractivity contribution in [2.45, 2.75) is 78.7 Å². The smallest absolute Gasteiger partial charge is 0.415 e. The van der Waals surface area contributed by atoms with Crippen LogP contribution in [0.4, 0.5) is 14.6 Å². The van der Waals surface area contributed by atoms with Crippen molar-refractivity contribution >= 4 is 67.7 Å². The van der Waals surface area contributed by atoms with Crippen molar-refractivity contribution in [3.8, 4) is 0 Å². The number of hydrogen-bond acceptors (Lipinski definition) is 8. The van der Waals surface area contributed by atoms with Gasteiger partial charge in [-0.15, -0.1) is 22.7 Å². The van der Waals surface area contributed by atoms with Crippen LogP contribution >= 0.6 is 34.2 Å². The number of amides is 2. The SMILES string of the molecule is C=Cc1c(CC(C)NC(=O)OC(C)(C)C)sc2c(N(Cc3cccs3)C(=O)OC(C)(C)C)snc12. The standard InChI is InChI=1S/C25H33N3O4S3/c1-9-17-18(13-15(2)26-22(29)31-24(3,4)5)34-20-19(17)27-35-21(20)28(14-16-11-10-12-33-16)23(30)32-25(6,7)8/h9-12,15H,1,13-14H2,2-8H3,(H,26,29). The highest BCUT2D eigenvalue weighted by Gasteiger charge is 2.29. The largest absolute Gasteiger partial charge is 0.444 e. The number of ether oxygens (including phenoxy) is 2. The van der Waals surface area contributed by atoms with Crippen molar-refractivity contribution in [3.63, 3.8) is 0 Å². The number of thiophene rings is 2. The average molecular weight is 536 g/mol. The fourth-order valence-corrected chi connectivity index (χ4v) is 6.40. The number of rotatable bonds is 7. The molecule has 3 rings (SSSR count). The Hall–Kier alpha value is -2.43. The van der Waals surface area contributed by atoms with E-state index in [0.29, 0.717) is 13.0 Å². The normalized spacial score (nSPS) is 12.9. The molecule has 0 saturated heterocycles. The highest BCUT2D eigenvalue weighted by atomic mass is 32.1. The molecule has 0 fully saturated rings. The molecular weight excluding hydrogens is 502 g/mol. The number of nitrogens with zero attached hydrogens (tertiary/aromatic N) is 2. The number of hydrogen-bond donors (Lipinski definition) is 1. The van der Waals surface area contributed by atoms with Gasteiger partial charge in [0.1, 0.15) is 21.7 Å². The number of fused-ring (bicyclic) bond motifs is 1. The summed E-state index contributed by atoms with van der Waals surface area (Å²) in [6.45, 7) is 17.4. The van der Waals surface area contributed by atoms with Crippen molar-refractivity contribution in [2.24, 2.45) is 0 Å². The zero-order valence-electron chi connectivity index (χ0n) is 21.3. The zero-order valence-corrected chi connectivity index (χ0v) is 23.7. The lowest BCUT2D eigenvalue weighted by atomic mass is 10.1. The number of anilines is 1. The fourth-order valence-electron chi connectivity index (χ4n) is 3.31. The van der Waals surface area contributed by atoms with E-state index in [1.165, 1.54) is 11.5 Å². The molecule has 0 aromatic carbocycles. The number of carbonyl (C=O) groups excluding carboxylic acids is 2. The van der Waals surface area contributed by atoms with E-state index < -0.39 is 23.4 Å². The first kappa shape index (κ1) is 27.2. The molecule has 3 aromatic rings. The molecule has 0 aliphatic rings. The van der Waals surface area contributed by atoms with Crippen molar-refractivity contribution in [3.05, 3.63) is 39.4 Å². The minimum absolute atomic E-state index is 0.161. The van der Waals surface area contributed by atoms with Gasteiger partial charge in [0.15, 0.2) is 0 Å². The molecule has 0 aliphatic heterocycles. The lowest BCUT2D eigenvalue weighted by molar-refractivity contribution is 0.0507. The third kappa shape index (κ3) is 7.28. The van der Waals surface area contributed by atoms with Crippen molar-refractivity contribution in [1.29, 1.82) is 0 Å². The van der Waals surface area contributed by atoms with Gasteiger partial charge in [0.05, 0.1) is 11.2 Å². The lowest BCUT2D eigenvalue weighted by Gasteiger charge is -2.26. The summed E-state index contributed by atoms with van der Waals surface area (Å²) < 4.78 is 16.7. The summed E-state index contributed by atoms with van der Waals surface area (Å²) in [5.74, 6) is 0. The van der Waals surface area contributed by atoms with Crippen molar-refractivity contribution < 1.29 is 19.1 Å². The Morgan fingerprint density at radius 3 is 2.46 bits per heavy atom. The molecule has 35 heavy (non-hydrogen) atoms. The molecule has 0 radical (unpaired) electrons. The van der Waals surface area contributed by atoms with Crippen LogP contribution in [0.3, 0.4) is 0 Å². The predicted molar refractivity (Wildman–Crippen MR) is 147 cm³/mol. The molecule has 3 aromatic heterocycles. The molecule has 0 aliphatic carbocycles. The van der Waals surface area contributed by atoms with Gasteiger partial charge in [-0.25, -0.2) is 9.59 Å². The van der Waals surface area contributed by atoms with Crippen LogP contribution in [0.2, 0.25) is 0 Å².